The summed E-state index contributed by atoms with van der Waals surface area (Å²) in [4.78, 5) is 31.0. The van der Waals surface area contributed by atoms with Crippen LogP contribution in [0.2, 0.25) is 0 Å². The molecule has 7 nitrogen and oxygen atoms in total. The van der Waals surface area contributed by atoms with E-state index in [-0.39, 0.29) is 13.0 Å². The molecule has 0 bridgehead atoms. The fourth-order valence-electron chi connectivity index (χ4n) is 0.726. The predicted molar refractivity (Wildman–Crippen MR) is 38.9 cm³/mol. The van der Waals surface area contributed by atoms with Gasteiger partial charge in [0.1, 0.15) is 0 Å². The highest BCUT2D eigenvalue weighted by Crippen LogP contribution is 1.84. The second-order valence-electron chi connectivity index (χ2n) is 2.69. The number of quaternary nitrogens is 1. The molecule has 0 saturated heterocycles. The molecule has 0 spiro atoms. The number of carbonyl (C=O) groups excluding carboxylic acids is 3. The van der Waals surface area contributed by atoms with Gasteiger partial charge < -0.3 is 30.9 Å². The Hall–Kier alpha value is -1.63. The number of aliphatic carboxylic acids is 2. The van der Waals surface area contributed by atoms with Crippen LogP contribution in [0.5, 0.6) is 0 Å². The zero-order valence-electron chi connectivity index (χ0n) is 7.45. The van der Waals surface area contributed by atoms with Gasteiger partial charge in [0.05, 0.1) is 0 Å². The molecule has 1 amide bonds. The molecule has 0 unspecified atom stereocenters. The maximum atomic E-state index is 11.0. The summed E-state index contributed by atoms with van der Waals surface area (Å²) in [6.45, 7) is -0.0970. The molecule has 7 heteroatoms. The second-order valence-corrected chi connectivity index (χ2v) is 2.69. The fraction of sp³-hybridized carbons (Fsp3) is 0.571. The molecule has 0 aliphatic rings. The molecule has 14 heavy (non-hydrogen) atoms. The molecular weight excluding hydrogens is 192 g/mol. The Morgan fingerprint density at radius 1 is 1.21 bits per heavy atom. The van der Waals surface area contributed by atoms with E-state index in [0.717, 1.165) is 0 Å². The van der Waals surface area contributed by atoms with Crippen molar-refractivity contribution in [3.05, 3.63) is 0 Å². The highest BCUT2D eigenvalue weighted by atomic mass is 16.4. The highest BCUT2D eigenvalue weighted by molar-refractivity contribution is 5.84. The van der Waals surface area contributed by atoms with Gasteiger partial charge in [-0.05, 0) is 0 Å². The number of nitrogens with one attached hydrogen (secondary N) is 1. The summed E-state index contributed by atoms with van der Waals surface area (Å²) in [5.41, 5.74) is 3.28. The molecule has 4 N–H and O–H groups in total. The molecule has 0 aromatic carbocycles. The fourth-order valence-corrected chi connectivity index (χ4v) is 0.726. The molecule has 1 atom stereocenters. The predicted octanol–water partition coefficient (Wildman–Crippen LogP) is -5.01. The molecule has 0 radical (unpaired) electrons. The van der Waals surface area contributed by atoms with Crippen LogP contribution in [0.3, 0.4) is 0 Å². The van der Waals surface area contributed by atoms with E-state index in [9.17, 15) is 24.6 Å². The lowest BCUT2D eigenvalue weighted by Gasteiger charge is -2.10. The maximum Gasteiger partial charge on any atom is 0.278 e. The zero-order valence-corrected chi connectivity index (χ0v) is 7.45. The van der Waals surface area contributed by atoms with Crippen LogP contribution >= 0.6 is 0 Å². The first-order chi connectivity index (χ1) is 6.43. The first-order valence-corrected chi connectivity index (χ1v) is 3.94. The number of hydrogen-bond donors (Lipinski definition) is 2. The van der Waals surface area contributed by atoms with Crippen LogP contribution in [0.25, 0.3) is 0 Å². The van der Waals surface area contributed by atoms with Crippen LogP contribution in [-0.2, 0) is 14.4 Å². The Morgan fingerprint density at radius 2 is 1.79 bits per heavy atom. The molecule has 0 aliphatic carbocycles. The van der Waals surface area contributed by atoms with Crippen molar-refractivity contribution >= 4 is 17.8 Å². The number of carboxylic acids is 2. The number of rotatable bonds is 6. The summed E-state index contributed by atoms with van der Waals surface area (Å²) in [5, 5.41) is 22.2. The Balaban J connectivity index is 3.73. The van der Waals surface area contributed by atoms with E-state index < -0.39 is 30.3 Å². The zero-order chi connectivity index (χ0) is 11.1. The average molecular weight is 203 g/mol. The Morgan fingerprint density at radius 3 is 2.21 bits per heavy atom. The standard InChI is InChI=1S/C7H12N2O5/c8-4(3-6(12)13)7(14)9-2-1-5(10)11/h4H,1-3,8H2,(H,9,14)(H,10,11)(H,12,13)/p-1/t4-/m0/s1. The summed E-state index contributed by atoms with van der Waals surface area (Å²) in [6, 6.07) is -0.971. The molecule has 0 heterocycles. The Bertz CT molecular complexity index is 240. The molecule has 0 fully saturated rings. The lowest BCUT2D eigenvalue weighted by Crippen LogP contribution is -2.68. The van der Waals surface area contributed by atoms with Crippen molar-refractivity contribution in [3.63, 3.8) is 0 Å². The van der Waals surface area contributed by atoms with E-state index in [1.807, 2.05) is 0 Å². The van der Waals surface area contributed by atoms with Gasteiger partial charge in [-0.25, -0.2) is 0 Å². The third kappa shape index (κ3) is 5.95. The summed E-state index contributed by atoms with van der Waals surface area (Å²) < 4.78 is 0. The van der Waals surface area contributed by atoms with E-state index in [1.165, 1.54) is 0 Å². The first-order valence-electron chi connectivity index (χ1n) is 3.94. The van der Waals surface area contributed by atoms with Gasteiger partial charge in [0.2, 0.25) is 0 Å². The second kappa shape index (κ2) is 5.92. The Labute approximate surface area is 79.9 Å². The van der Waals surface area contributed by atoms with Crippen LogP contribution in [0.15, 0.2) is 0 Å². The van der Waals surface area contributed by atoms with Gasteiger partial charge in [-0.2, -0.15) is 0 Å². The average Bonchev–Trinajstić information content (AvgIpc) is 2.01. The number of hydrogen-bond acceptors (Lipinski definition) is 5. The monoisotopic (exact) mass is 203 g/mol. The number of carbonyl (C=O) groups is 3. The maximum absolute atomic E-state index is 11.0. The van der Waals surface area contributed by atoms with Crippen molar-refractivity contribution in [1.82, 2.24) is 5.32 Å². The summed E-state index contributed by atoms with van der Waals surface area (Å²) >= 11 is 0. The van der Waals surface area contributed by atoms with Crippen molar-refractivity contribution in [1.29, 1.82) is 0 Å². The minimum absolute atomic E-state index is 0.0970. The van der Waals surface area contributed by atoms with Gasteiger partial charge in [0, 0.05) is 31.3 Å². The molecular formula is C7H11N2O5-. The lowest BCUT2D eigenvalue weighted by molar-refractivity contribution is -0.408. The smallest absolute Gasteiger partial charge is 0.278 e. The quantitative estimate of drug-likeness (QED) is 0.445. The van der Waals surface area contributed by atoms with Crippen LogP contribution in [0, 0.1) is 0 Å². The van der Waals surface area contributed by atoms with Crippen LogP contribution in [0.4, 0.5) is 0 Å². The van der Waals surface area contributed by atoms with E-state index in [1.54, 1.807) is 0 Å². The van der Waals surface area contributed by atoms with Crippen molar-refractivity contribution in [2.24, 2.45) is 0 Å². The summed E-state index contributed by atoms with van der Waals surface area (Å²) in [6.07, 6.45) is -0.805. The summed E-state index contributed by atoms with van der Waals surface area (Å²) in [7, 11) is 0. The SMILES string of the molecule is [NH3+][C@@H](CC(=O)[O-])C(=O)NCCC(=O)[O-]. The largest absolute Gasteiger partial charge is 0.550 e. The van der Waals surface area contributed by atoms with Crippen LogP contribution in [0.1, 0.15) is 12.8 Å². The minimum atomic E-state index is -1.37. The van der Waals surface area contributed by atoms with Crippen molar-refractivity contribution in [2.75, 3.05) is 6.54 Å². The normalized spacial score (nSPS) is 11.8. The third-order valence-corrected chi connectivity index (χ3v) is 1.41. The molecule has 0 rings (SSSR count). The minimum Gasteiger partial charge on any atom is -0.550 e. The molecule has 80 valence electrons. The Kier molecular flexibility index (Phi) is 5.23. The van der Waals surface area contributed by atoms with Gasteiger partial charge in [-0.1, -0.05) is 0 Å². The van der Waals surface area contributed by atoms with E-state index in [4.69, 9.17) is 0 Å². The van der Waals surface area contributed by atoms with Crippen molar-refractivity contribution < 1.29 is 30.3 Å². The number of carboxylic acid groups (broad SMARTS) is 2. The third-order valence-electron chi connectivity index (χ3n) is 1.41. The van der Waals surface area contributed by atoms with E-state index in [0.29, 0.717) is 0 Å². The van der Waals surface area contributed by atoms with Crippen LogP contribution < -0.4 is 21.3 Å². The lowest BCUT2D eigenvalue weighted by atomic mass is 10.2. The molecule has 0 aliphatic heterocycles. The number of amides is 1. The van der Waals surface area contributed by atoms with E-state index in [2.05, 4.69) is 11.1 Å². The van der Waals surface area contributed by atoms with Crippen molar-refractivity contribution in [2.45, 2.75) is 18.9 Å². The molecule has 0 saturated carbocycles. The van der Waals surface area contributed by atoms with Gasteiger partial charge in [0.25, 0.3) is 5.91 Å². The topological polar surface area (TPSA) is 137 Å². The van der Waals surface area contributed by atoms with Gasteiger partial charge in [-0.3, -0.25) is 4.79 Å². The summed E-state index contributed by atoms with van der Waals surface area (Å²) in [5.74, 6) is -3.28. The molecule has 0 aromatic heterocycles. The highest BCUT2D eigenvalue weighted by Gasteiger charge is 2.16. The first kappa shape index (κ1) is 12.4. The van der Waals surface area contributed by atoms with Gasteiger partial charge >= 0.3 is 0 Å². The molecule has 0 aromatic rings. The van der Waals surface area contributed by atoms with E-state index >= 15 is 0 Å². The van der Waals surface area contributed by atoms with Crippen LogP contribution in [-0.4, -0.2) is 30.4 Å². The van der Waals surface area contributed by atoms with Gasteiger partial charge in [0.15, 0.2) is 6.04 Å². The van der Waals surface area contributed by atoms with Gasteiger partial charge in [-0.15, -0.1) is 0 Å². The van der Waals surface area contributed by atoms with Crippen molar-refractivity contribution in [3.8, 4) is 0 Å².